The van der Waals surface area contributed by atoms with E-state index < -0.39 is 11.6 Å². The van der Waals surface area contributed by atoms with Crippen LogP contribution < -0.4 is 4.74 Å². The lowest BCUT2D eigenvalue weighted by molar-refractivity contribution is -0.138. The standard InChI is InChI=1S/C13H18O4/c1-9-4-5-11(17-3)10(8-9)13(2,16)7-6-12(14)15/h4-5,8,16H,6-7H2,1-3H3,(H,14,15). The smallest absolute Gasteiger partial charge is 0.303 e. The molecule has 1 aromatic rings. The molecule has 0 fully saturated rings. The first-order valence-corrected chi connectivity index (χ1v) is 5.46. The Balaban J connectivity index is 3.03. The molecule has 1 unspecified atom stereocenters. The van der Waals surface area contributed by atoms with Crippen molar-refractivity contribution < 1.29 is 19.7 Å². The maximum atomic E-state index is 10.6. The fourth-order valence-electron chi connectivity index (χ4n) is 1.73. The minimum atomic E-state index is -1.20. The van der Waals surface area contributed by atoms with Crippen molar-refractivity contribution in [3.63, 3.8) is 0 Å². The van der Waals surface area contributed by atoms with Crippen LogP contribution in [0.25, 0.3) is 0 Å². The van der Waals surface area contributed by atoms with Crippen LogP contribution in [0.2, 0.25) is 0 Å². The topological polar surface area (TPSA) is 66.8 Å². The van der Waals surface area contributed by atoms with Gasteiger partial charge in [0.1, 0.15) is 5.75 Å². The molecule has 0 aliphatic rings. The zero-order valence-electron chi connectivity index (χ0n) is 10.4. The maximum Gasteiger partial charge on any atom is 0.303 e. The van der Waals surface area contributed by atoms with Gasteiger partial charge in [-0.3, -0.25) is 4.79 Å². The predicted octanol–water partition coefficient (Wildman–Crippen LogP) is 2.08. The monoisotopic (exact) mass is 238 g/mol. The average Bonchev–Trinajstić information content (AvgIpc) is 2.26. The molecule has 1 rings (SSSR count). The zero-order chi connectivity index (χ0) is 13.1. The van der Waals surface area contributed by atoms with Gasteiger partial charge in [-0.1, -0.05) is 11.6 Å². The molecular weight excluding hydrogens is 220 g/mol. The van der Waals surface area contributed by atoms with Crippen LogP contribution in [0.4, 0.5) is 0 Å². The van der Waals surface area contributed by atoms with Gasteiger partial charge in [0.2, 0.25) is 0 Å². The van der Waals surface area contributed by atoms with Crippen LogP contribution in [0.15, 0.2) is 18.2 Å². The number of aryl methyl sites for hydroxylation is 1. The molecule has 4 heteroatoms. The molecule has 0 aromatic heterocycles. The third-order valence-electron chi connectivity index (χ3n) is 2.76. The quantitative estimate of drug-likeness (QED) is 0.824. The minimum absolute atomic E-state index is 0.0793. The summed E-state index contributed by atoms with van der Waals surface area (Å²) in [6, 6.07) is 5.48. The molecule has 0 aliphatic carbocycles. The number of hydrogen-bond donors (Lipinski definition) is 2. The lowest BCUT2D eigenvalue weighted by Gasteiger charge is -2.25. The Labute approximate surface area is 101 Å². The second-order valence-electron chi connectivity index (χ2n) is 4.37. The van der Waals surface area contributed by atoms with E-state index in [-0.39, 0.29) is 12.8 Å². The molecule has 0 saturated heterocycles. The first-order chi connectivity index (χ1) is 7.86. The van der Waals surface area contributed by atoms with Gasteiger partial charge in [-0.15, -0.1) is 0 Å². The number of carboxylic acid groups (broad SMARTS) is 1. The molecule has 0 bridgehead atoms. The molecule has 0 radical (unpaired) electrons. The Bertz CT molecular complexity index is 410. The van der Waals surface area contributed by atoms with Crippen LogP contribution in [-0.4, -0.2) is 23.3 Å². The van der Waals surface area contributed by atoms with Crippen molar-refractivity contribution in [2.75, 3.05) is 7.11 Å². The molecule has 0 spiro atoms. The normalized spacial score (nSPS) is 14.1. The van der Waals surface area contributed by atoms with Gasteiger partial charge >= 0.3 is 5.97 Å². The summed E-state index contributed by atoms with van der Waals surface area (Å²) >= 11 is 0. The van der Waals surface area contributed by atoms with Gasteiger partial charge in [0.15, 0.2) is 0 Å². The number of carbonyl (C=O) groups is 1. The molecule has 0 aliphatic heterocycles. The van der Waals surface area contributed by atoms with E-state index in [2.05, 4.69) is 0 Å². The molecule has 4 nitrogen and oxygen atoms in total. The molecule has 17 heavy (non-hydrogen) atoms. The highest BCUT2D eigenvalue weighted by molar-refractivity contribution is 5.66. The maximum absolute atomic E-state index is 10.6. The summed E-state index contributed by atoms with van der Waals surface area (Å²) in [6.45, 7) is 3.52. The first kappa shape index (κ1) is 13.5. The van der Waals surface area contributed by atoms with Crippen LogP contribution >= 0.6 is 0 Å². The van der Waals surface area contributed by atoms with E-state index in [0.717, 1.165) is 5.56 Å². The van der Waals surface area contributed by atoms with Crippen LogP contribution in [0.3, 0.4) is 0 Å². The number of aliphatic hydroxyl groups is 1. The number of ether oxygens (including phenoxy) is 1. The number of methoxy groups -OCH3 is 1. The first-order valence-electron chi connectivity index (χ1n) is 5.46. The summed E-state index contributed by atoms with van der Waals surface area (Å²) in [6.07, 6.45) is 0.0756. The zero-order valence-corrected chi connectivity index (χ0v) is 10.4. The van der Waals surface area contributed by atoms with E-state index in [4.69, 9.17) is 9.84 Å². The Morgan fingerprint density at radius 3 is 2.65 bits per heavy atom. The summed E-state index contributed by atoms with van der Waals surface area (Å²) in [5.41, 5.74) is 0.424. The van der Waals surface area contributed by atoms with Gasteiger partial charge in [-0.2, -0.15) is 0 Å². The van der Waals surface area contributed by atoms with E-state index in [1.807, 2.05) is 19.1 Å². The van der Waals surface area contributed by atoms with E-state index in [0.29, 0.717) is 11.3 Å². The molecule has 0 saturated carbocycles. The van der Waals surface area contributed by atoms with Crippen molar-refractivity contribution in [3.05, 3.63) is 29.3 Å². The van der Waals surface area contributed by atoms with E-state index in [1.165, 1.54) is 7.11 Å². The van der Waals surface area contributed by atoms with Gasteiger partial charge in [0.05, 0.1) is 12.7 Å². The van der Waals surface area contributed by atoms with Crippen molar-refractivity contribution in [3.8, 4) is 5.75 Å². The van der Waals surface area contributed by atoms with Crippen molar-refractivity contribution >= 4 is 5.97 Å². The van der Waals surface area contributed by atoms with Crippen LogP contribution in [-0.2, 0) is 10.4 Å². The third-order valence-corrected chi connectivity index (χ3v) is 2.76. The van der Waals surface area contributed by atoms with Crippen molar-refractivity contribution in [1.82, 2.24) is 0 Å². The average molecular weight is 238 g/mol. The Morgan fingerprint density at radius 2 is 2.12 bits per heavy atom. The fourth-order valence-corrected chi connectivity index (χ4v) is 1.73. The van der Waals surface area contributed by atoms with Crippen molar-refractivity contribution in [2.24, 2.45) is 0 Å². The van der Waals surface area contributed by atoms with Gasteiger partial charge in [0, 0.05) is 12.0 Å². The van der Waals surface area contributed by atoms with E-state index >= 15 is 0 Å². The largest absolute Gasteiger partial charge is 0.496 e. The van der Waals surface area contributed by atoms with Crippen LogP contribution in [0.5, 0.6) is 5.75 Å². The number of benzene rings is 1. The van der Waals surface area contributed by atoms with Gasteiger partial charge in [0.25, 0.3) is 0 Å². The Hall–Kier alpha value is -1.55. The minimum Gasteiger partial charge on any atom is -0.496 e. The number of carboxylic acids is 1. The third kappa shape index (κ3) is 3.46. The lowest BCUT2D eigenvalue weighted by atomic mass is 9.89. The van der Waals surface area contributed by atoms with Crippen molar-refractivity contribution in [1.29, 1.82) is 0 Å². The molecule has 94 valence electrons. The summed E-state index contributed by atoms with van der Waals surface area (Å²) in [7, 11) is 1.53. The summed E-state index contributed by atoms with van der Waals surface area (Å²) in [5.74, 6) is -0.345. The number of rotatable bonds is 5. The highest BCUT2D eigenvalue weighted by Gasteiger charge is 2.27. The number of hydrogen-bond acceptors (Lipinski definition) is 3. The summed E-state index contributed by atoms with van der Waals surface area (Å²) in [5, 5.41) is 19.0. The SMILES string of the molecule is COc1ccc(C)cc1C(C)(O)CCC(=O)O. The number of aliphatic carboxylic acids is 1. The summed E-state index contributed by atoms with van der Waals surface area (Å²) < 4.78 is 5.19. The van der Waals surface area contributed by atoms with Crippen LogP contribution in [0.1, 0.15) is 30.9 Å². The van der Waals surface area contributed by atoms with Crippen molar-refractivity contribution in [2.45, 2.75) is 32.3 Å². The molecule has 1 atom stereocenters. The predicted molar refractivity (Wildman–Crippen MR) is 64.2 cm³/mol. The highest BCUT2D eigenvalue weighted by Crippen LogP contribution is 2.33. The fraction of sp³-hybridized carbons (Fsp3) is 0.462. The Kier molecular flexibility index (Phi) is 4.12. The van der Waals surface area contributed by atoms with Gasteiger partial charge < -0.3 is 14.9 Å². The van der Waals surface area contributed by atoms with Gasteiger partial charge in [-0.25, -0.2) is 0 Å². The summed E-state index contributed by atoms with van der Waals surface area (Å²) in [4.78, 5) is 10.6. The molecule has 1 aromatic carbocycles. The molecule has 2 N–H and O–H groups in total. The Morgan fingerprint density at radius 1 is 1.47 bits per heavy atom. The highest BCUT2D eigenvalue weighted by atomic mass is 16.5. The molecular formula is C13H18O4. The van der Waals surface area contributed by atoms with Gasteiger partial charge in [-0.05, 0) is 32.4 Å². The van der Waals surface area contributed by atoms with E-state index in [1.54, 1.807) is 13.0 Å². The second kappa shape index (κ2) is 5.19. The second-order valence-corrected chi connectivity index (χ2v) is 4.37. The van der Waals surface area contributed by atoms with E-state index in [9.17, 15) is 9.90 Å². The molecule has 0 amide bonds. The molecule has 0 heterocycles. The lowest BCUT2D eigenvalue weighted by Crippen LogP contribution is -2.23. The van der Waals surface area contributed by atoms with Crippen LogP contribution in [0, 0.1) is 6.92 Å².